The van der Waals surface area contributed by atoms with Crippen LogP contribution in [-0.2, 0) is 24.4 Å². The van der Waals surface area contributed by atoms with E-state index in [0.717, 1.165) is 30.8 Å². The molecule has 6 heteroatoms. The van der Waals surface area contributed by atoms with Crippen LogP contribution in [0.3, 0.4) is 0 Å². The molecule has 1 aromatic carbocycles. The van der Waals surface area contributed by atoms with E-state index in [9.17, 15) is 18.0 Å². The molecule has 176 valence electrons. The summed E-state index contributed by atoms with van der Waals surface area (Å²) in [6, 6.07) is 6.59. The molecule has 2 aliphatic carbocycles. The first kappa shape index (κ1) is 23.6. The van der Waals surface area contributed by atoms with Crippen LogP contribution in [0.4, 0.5) is 13.2 Å². The summed E-state index contributed by atoms with van der Waals surface area (Å²) in [5.74, 6) is -5.11. The first-order valence-electron chi connectivity index (χ1n) is 11.7. The minimum Gasteiger partial charge on any atom is -0.346 e. The number of halogens is 3. The van der Waals surface area contributed by atoms with E-state index in [4.69, 9.17) is 0 Å². The molecule has 0 aromatic heterocycles. The summed E-state index contributed by atoms with van der Waals surface area (Å²) in [5, 5.41) is 2.37. The van der Waals surface area contributed by atoms with Gasteiger partial charge in [-0.3, -0.25) is 9.69 Å². The Morgan fingerprint density at radius 2 is 1.82 bits per heavy atom. The fraction of sp³-hybridized carbons (Fsp3) is 0.481. The van der Waals surface area contributed by atoms with Gasteiger partial charge in [-0.1, -0.05) is 43.5 Å². The third kappa shape index (κ3) is 5.34. The molecule has 1 amide bonds. The molecule has 1 heterocycles. The average Bonchev–Trinajstić information content (AvgIpc) is 3.03. The Morgan fingerprint density at radius 1 is 1.09 bits per heavy atom. The van der Waals surface area contributed by atoms with Crippen molar-refractivity contribution in [3.8, 4) is 0 Å². The molecule has 0 radical (unpaired) electrons. The van der Waals surface area contributed by atoms with Crippen LogP contribution < -0.4 is 5.32 Å². The van der Waals surface area contributed by atoms with Crippen molar-refractivity contribution in [1.82, 2.24) is 10.2 Å². The number of allylic oxidation sites excluding steroid dienone is 4. The second-order valence-electron chi connectivity index (χ2n) is 9.71. The van der Waals surface area contributed by atoms with Crippen LogP contribution in [0, 0.1) is 0 Å². The highest BCUT2D eigenvalue weighted by molar-refractivity contribution is 5.87. The lowest BCUT2D eigenvalue weighted by Crippen LogP contribution is -2.40. The maximum atomic E-state index is 14.8. The van der Waals surface area contributed by atoms with Crippen LogP contribution in [0.5, 0.6) is 0 Å². The van der Waals surface area contributed by atoms with Gasteiger partial charge < -0.3 is 5.32 Å². The van der Waals surface area contributed by atoms with Gasteiger partial charge in [0.15, 0.2) is 0 Å². The molecule has 3 aliphatic rings. The number of benzene rings is 1. The minimum absolute atomic E-state index is 0.0268. The molecular formula is C27H31F3N2O. The first-order chi connectivity index (χ1) is 15.6. The van der Waals surface area contributed by atoms with Crippen LogP contribution in [0.25, 0.3) is 0 Å². The molecule has 0 atom stereocenters. The monoisotopic (exact) mass is 456 g/mol. The van der Waals surface area contributed by atoms with E-state index in [1.165, 1.54) is 69.2 Å². The largest absolute Gasteiger partial charge is 0.349 e. The van der Waals surface area contributed by atoms with Crippen molar-refractivity contribution in [3.63, 3.8) is 0 Å². The van der Waals surface area contributed by atoms with Crippen molar-refractivity contribution in [3.05, 3.63) is 76.1 Å². The maximum absolute atomic E-state index is 14.8. The van der Waals surface area contributed by atoms with Crippen molar-refractivity contribution in [2.24, 2.45) is 0 Å². The van der Waals surface area contributed by atoms with Crippen LogP contribution >= 0.6 is 0 Å². The zero-order valence-corrected chi connectivity index (χ0v) is 19.3. The smallest absolute Gasteiger partial charge is 0.346 e. The zero-order chi connectivity index (χ0) is 23.6. The number of hydrogen-bond acceptors (Lipinski definition) is 2. The first-order valence-corrected chi connectivity index (χ1v) is 11.7. The molecule has 1 N–H and O–H groups in total. The SMILES string of the molecule is CC(C)(F)C1=C=CC=C(C(F)(F)C(=O)NCc2ccc3c(c2)CN(C2CCCCC2)C3)C=C1. The van der Waals surface area contributed by atoms with Crippen molar-refractivity contribution in [2.45, 2.75) is 83.2 Å². The lowest BCUT2D eigenvalue weighted by molar-refractivity contribution is -0.140. The molecule has 0 unspecified atom stereocenters. The van der Waals surface area contributed by atoms with Crippen LogP contribution in [0.15, 0.2) is 59.4 Å². The van der Waals surface area contributed by atoms with E-state index >= 15 is 0 Å². The Hall–Kier alpha value is -2.56. The number of rotatable bonds is 6. The van der Waals surface area contributed by atoms with Gasteiger partial charge in [0.2, 0.25) is 0 Å². The normalized spacial score (nSPS) is 19.7. The molecule has 1 saturated carbocycles. The third-order valence-corrected chi connectivity index (χ3v) is 6.78. The number of carbonyl (C=O) groups excluding carboxylic acids is 1. The van der Waals surface area contributed by atoms with Crippen molar-refractivity contribution in [1.29, 1.82) is 0 Å². The van der Waals surface area contributed by atoms with Gasteiger partial charge in [-0.25, -0.2) is 4.39 Å². The van der Waals surface area contributed by atoms with Gasteiger partial charge in [-0.2, -0.15) is 8.78 Å². The van der Waals surface area contributed by atoms with E-state index in [2.05, 4.69) is 15.9 Å². The van der Waals surface area contributed by atoms with E-state index in [1.54, 1.807) is 0 Å². The van der Waals surface area contributed by atoms with E-state index in [0.29, 0.717) is 6.04 Å². The summed E-state index contributed by atoms with van der Waals surface area (Å²) >= 11 is 0. The molecule has 4 rings (SSSR count). The third-order valence-electron chi connectivity index (χ3n) is 6.78. The second-order valence-corrected chi connectivity index (χ2v) is 9.71. The van der Waals surface area contributed by atoms with Crippen molar-refractivity contribution >= 4 is 5.91 Å². The summed E-state index contributed by atoms with van der Waals surface area (Å²) < 4.78 is 43.7. The Balaban J connectivity index is 1.37. The second kappa shape index (κ2) is 9.36. The van der Waals surface area contributed by atoms with Crippen molar-refractivity contribution in [2.75, 3.05) is 0 Å². The fourth-order valence-corrected chi connectivity index (χ4v) is 4.79. The van der Waals surface area contributed by atoms with Gasteiger partial charge >= 0.3 is 5.92 Å². The molecule has 0 bridgehead atoms. The highest BCUT2D eigenvalue weighted by atomic mass is 19.3. The highest BCUT2D eigenvalue weighted by Gasteiger charge is 2.42. The molecule has 3 nitrogen and oxygen atoms in total. The van der Waals surface area contributed by atoms with E-state index in [-0.39, 0.29) is 12.1 Å². The van der Waals surface area contributed by atoms with Crippen molar-refractivity contribution < 1.29 is 18.0 Å². The Labute approximate surface area is 193 Å². The Kier molecular flexibility index (Phi) is 6.69. The molecule has 1 fully saturated rings. The predicted molar refractivity (Wildman–Crippen MR) is 123 cm³/mol. The van der Waals surface area contributed by atoms with Crippen LogP contribution in [0.2, 0.25) is 0 Å². The van der Waals surface area contributed by atoms with Gasteiger partial charge in [-0.15, -0.1) is 5.73 Å². The van der Waals surface area contributed by atoms with E-state index in [1.807, 2.05) is 18.2 Å². The number of alkyl halides is 3. The molecule has 0 saturated heterocycles. The number of hydrogen-bond donors (Lipinski definition) is 1. The summed E-state index contributed by atoms with van der Waals surface area (Å²) in [5.41, 5.74) is 3.88. The minimum atomic E-state index is -3.74. The molecule has 1 aliphatic heterocycles. The van der Waals surface area contributed by atoms with Gasteiger partial charge in [0, 0.05) is 36.8 Å². The molecule has 33 heavy (non-hydrogen) atoms. The summed E-state index contributed by atoms with van der Waals surface area (Å²) in [4.78, 5) is 14.9. The fourth-order valence-electron chi connectivity index (χ4n) is 4.79. The average molecular weight is 457 g/mol. The number of amides is 1. The highest BCUT2D eigenvalue weighted by Crippen LogP contribution is 2.32. The number of nitrogens with zero attached hydrogens (tertiary/aromatic N) is 1. The quantitative estimate of drug-likeness (QED) is 0.540. The summed E-state index contributed by atoms with van der Waals surface area (Å²) in [6.45, 7) is 4.49. The van der Waals surface area contributed by atoms with Crippen LogP contribution in [0.1, 0.15) is 62.6 Å². The lowest BCUT2D eigenvalue weighted by atomic mass is 9.94. The van der Waals surface area contributed by atoms with E-state index < -0.39 is 23.1 Å². The van der Waals surface area contributed by atoms with Gasteiger partial charge in [0.05, 0.1) is 0 Å². The van der Waals surface area contributed by atoms with Gasteiger partial charge in [0.1, 0.15) is 5.67 Å². The summed E-state index contributed by atoms with van der Waals surface area (Å²) in [6.07, 6.45) is 11.0. The topological polar surface area (TPSA) is 32.3 Å². The molecule has 1 aromatic rings. The zero-order valence-electron chi connectivity index (χ0n) is 19.3. The number of fused-ring (bicyclic) bond motifs is 1. The van der Waals surface area contributed by atoms with Gasteiger partial charge in [0.25, 0.3) is 5.91 Å². The summed E-state index contributed by atoms with van der Waals surface area (Å²) in [7, 11) is 0. The number of nitrogens with one attached hydrogen (secondary N) is 1. The number of carbonyl (C=O) groups is 1. The predicted octanol–water partition coefficient (Wildman–Crippen LogP) is 5.91. The Morgan fingerprint density at radius 3 is 2.55 bits per heavy atom. The molecule has 0 spiro atoms. The standard InChI is InChI=1S/C27H31F3N2O/c1-26(2,28)22-7-6-8-23(14-13-22)27(29,30)25(33)31-16-19-11-12-20-17-32(18-21(20)15-19)24-9-4-3-5-10-24/h6,8,11-15,24H,3-5,9-10,16-18H2,1-2H3,(H,31,33). The maximum Gasteiger partial charge on any atom is 0.349 e. The Bertz CT molecular complexity index is 1040. The lowest BCUT2D eigenvalue weighted by Gasteiger charge is -2.30. The van der Waals surface area contributed by atoms with Crippen LogP contribution in [-0.4, -0.2) is 28.4 Å². The molecular weight excluding hydrogens is 425 g/mol. The van der Waals surface area contributed by atoms with Gasteiger partial charge in [-0.05, 0) is 61.6 Å².